The minimum absolute atomic E-state index is 0.0463. The lowest BCUT2D eigenvalue weighted by atomic mass is 10.1. The molecule has 8 nitrogen and oxygen atoms in total. The number of hydrogen-bond donors (Lipinski definition) is 1. The summed E-state index contributed by atoms with van der Waals surface area (Å²) in [6.45, 7) is 2.45. The fourth-order valence-corrected chi connectivity index (χ4v) is 4.68. The molecule has 140 valence electrons. The smallest absolute Gasteiger partial charge is 0.271 e. The minimum atomic E-state index is -3.14. The molecule has 1 N–H and O–H groups in total. The molecule has 3 rings (SSSR count). The second-order valence-electron chi connectivity index (χ2n) is 6.25. The normalized spacial score (nSPS) is 22.0. The lowest BCUT2D eigenvalue weighted by molar-refractivity contribution is -0.133. The van der Waals surface area contributed by atoms with Gasteiger partial charge in [-0.15, -0.1) is 0 Å². The molecule has 0 spiro atoms. The van der Waals surface area contributed by atoms with E-state index in [0.717, 1.165) is 0 Å². The van der Waals surface area contributed by atoms with E-state index < -0.39 is 21.8 Å². The van der Waals surface area contributed by atoms with Crippen molar-refractivity contribution in [3.63, 3.8) is 0 Å². The second-order valence-corrected chi connectivity index (χ2v) is 8.48. The average Bonchev–Trinajstić information content (AvgIpc) is 2.97. The number of hydrazone groups is 1. The molecule has 0 aromatic heterocycles. The molecule has 0 unspecified atom stereocenters. The van der Waals surface area contributed by atoms with Crippen LogP contribution < -0.4 is 10.1 Å². The van der Waals surface area contributed by atoms with Gasteiger partial charge in [0.05, 0.1) is 24.2 Å². The van der Waals surface area contributed by atoms with Gasteiger partial charge in [0, 0.05) is 18.5 Å². The number of benzene rings is 1. The minimum Gasteiger partial charge on any atom is -0.494 e. The highest BCUT2D eigenvalue weighted by Crippen LogP contribution is 2.23. The van der Waals surface area contributed by atoms with Crippen molar-refractivity contribution >= 4 is 33.1 Å². The van der Waals surface area contributed by atoms with E-state index in [9.17, 15) is 18.0 Å². The fraction of sp³-hybridized carbons (Fsp3) is 0.471. The van der Waals surface area contributed by atoms with Gasteiger partial charge in [0.15, 0.2) is 9.84 Å². The Bertz CT molecular complexity index is 832. The summed E-state index contributed by atoms with van der Waals surface area (Å²) in [7, 11) is -3.14. The average molecular weight is 379 g/mol. The van der Waals surface area contributed by atoms with Crippen molar-refractivity contribution in [3.05, 3.63) is 24.3 Å². The Balaban J connectivity index is 1.70. The molecule has 2 aliphatic rings. The molecule has 9 heteroatoms. The summed E-state index contributed by atoms with van der Waals surface area (Å²) in [6.07, 6.45) is 0.731. The molecule has 0 bridgehead atoms. The first-order valence-electron chi connectivity index (χ1n) is 8.52. The Morgan fingerprint density at radius 1 is 1.31 bits per heavy atom. The van der Waals surface area contributed by atoms with Crippen LogP contribution in [0.3, 0.4) is 0 Å². The van der Waals surface area contributed by atoms with Gasteiger partial charge in [0.2, 0.25) is 5.91 Å². The second kappa shape index (κ2) is 7.45. The molecule has 2 heterocycles. The summed E-state index contributed by atoms with van der Waals surface area (Å²) >= 11 is 0. The maximum Gasteiger partial charge on any atom is 0.271 e. The van der Waals surface area contributed by atoms with Gasteiger partial charge in [0.1, 0.15) is 11.5 Å². The number of sulfone groups is 1. The van der Waals surface area contributed by atoms with Gasteiger partial charge < -0.3 is 10.1 Å². The Kier molecular flexibility index (Phi) is 5.26. The topological polar surface area (TPSA) is 105 Å². The number of hydrogen-bond acceptors (Lipinski definition) is 6. The zero-order valence-corrected chi connectivity index (χ0v) is 15.3. The number of nitrogens with zero attached hydrogens (tertiary/aromatic N) is 2. The van der Waals surface area contributed by atoms with E-state index in [0.29, 0.717) is 24.5 Å². The molecule has 0 saturated carbocycles. The summed E-state index contributed by atoms with van der Waals surface area (Å²) in [5.74, 6) is 0.0118. The molecule has 0 radical (unpaired) electrons. The summed E-state index contributed by atoms with van der Waals surface area (Å²) in [6, 6.07) is 6.46. The van der Waals surface area contributed by atoms with Crippen LogP contribution in [0.5, 0.6) is 5.75 Å². The lowest BCUT2D eigenvalue weighted by Crippen LogP contribution is -2.42. The first-order chi connectivity index (χ1) is 12.4. The zero-order chi connectivity index (χ0) is 18.7. The quantitative estimate of drug-likeness (QED) is 0.827. The Hall–Kier alpha value is -2.42. The van der Waals surface area contributed by atoms with Gasteiger partial charge in [0.25, 0.3) is 5.91 Å². The predicted molar refractivity (Wildman–Crippen MR) is 96.8 cm³/mol. The van der Waals surface area contributed by atoms with E-state index >= 15 is 0 Å². The van der Waals surface area contributed by atoms with Crippen molar-refractivity contribution in [2.45, 2.75) is 32.2 Å². The van der Waals surface area contributed by atoms with Crippen molar-refractivity contribution in [3.8, 4) is 5.75 Å². The molecule has 2 amide bonds. The third kappa shape index (κ3) is 4.21. The molecule has 1 saturated heterocycles. The van der Waals surface area contributed by atoms with Gasteiger partial charge >= 0.3 is 0 Å². The van der Waals surface area contributed by atoms with E-state index in [-0.39, 0.29) is 36.0 Å². The van der Waals surface area contributed by atoms with Crippen LogP contribution in [0, 0.1) is 0 Å². The maximum absolute atomic E-state index is 12.4. The summed E-state index contributed by atoms with van der Waals surface area (Å²) < 4.78 is 28.6. The van der Waals surface area contributed by atoms with Crippen molar-refractivity contribution in [2.75, 3.05) is 23.4 Å². The van der Waals surface area contributed by atoms with Gasteiger partial charge in [-0.05, 0) is 37.6 Å². The van der Waals surface area contributed by atoms with Crippen molar-refractivity contribution in [1.29, 1.82) is 0 Å². The Morgan fingerprint density at radius 2 is 2.04 bits per heavy atom. The van der Waals surface area contributed by atoms with Crippen LogP contribution >= 0.6 is 0 Å². The number of ether oxygens (including phenoxy) is 1. The highest BCUT2D eigenvalue weighted by molar-refractivity contribution is 7.91. The standard InChI is InChI=1S/C17H21N3O5S/c1-2-25-14-5-3-12(4-6-14)18-17(22)15-7-8-16(21)20(19-15)13-9-10-26(23,24)11-13/h3-6,13H,2,7-11H2,1H3,(H,18,22)/t13-/m0/s1. The zero-order valence-electron chi connectivity index (χ0n) is 14.5. The van der Waals surface area contributed by atoms with Crippen LogP contribution in [0.2, 0.25) is 0 Å². The van der Waals surface area contributed by atoms with Gasteiger partial charge in [-0.1, -0.05) is 0 Å². The van der Waals surface area contributed by atoms with E-state index in [2.05, 4.69) is 10.4 Å². The fourth-order valence-electron chi connectivity index (χ4n) is 2.99. The molecule has 26 heavy (non-hydrogen) atoms. The van der Waals surface area contributed by atoms with Crippen LogP contribution in [-0.4, -0.2) is 55.1 Å². The monoisotopic (exact) mass is 379 g/mol. The van der Waals surface area contributed by atoms with Crippen molar-refractivity contribution < 1.29 is 22.7 Å². The maximum atomic E-state index is 12.4. The number of carbonyl (C=O) groups excluding carboxylic acids is 2. The highest BCUT2D eigenvalue weighted by Gasteiger charge is 2.37. The van der Waals surface area contributed by atoms with Gasteiger partial charge in [-0.25, -0.2) is 13.4 Å². The Labute approximate surface area is 152 Å². The molecule has 1 atom stereocenters. The highest BCUT2D eigenvalue weighted by atomic mass is 32.2. The summed E-state index contributed by atoms with van der Waals surface area (Å²) in [5.41, 5.74) is 0.816. The first kappa shape index (κ1) is 18.4. The van der Waals surface area contributed by atoms with Crippen molar-refractivity contribution in [1.82, 2.24) is 5.01 Å². The predicted octanol–water partition coefficient (Wildman–Crippen LogP) is 1.19. The number of amides is 2. The van der Waals surface area contributed by atoms with E-state index in [1.165, 1.54) is 5.01 Å². The number of anilines is 1. The lowest BCUT2D eigenvalue weighted by Gasteiger charge is -2.27. The van der Waals surface area contributed by atoms with Crippen LogP contribution in [-0.2, 0) is 19.4 Å². The molecular formula is C17H21N3O5S. The van der Waals surface area contributed by atoms with E-state index in [1.807, 2.05) is 6.92 Å². The molecule has 1 fully saturated rings. The number of carbonyl (C=O) groups is 2. The van der Waals surface area contributed by atoms with E-state index in [1.54, 1.807) is 24.3 Å². The SMILES string of the molecule is CCOc1ccc(NC(=O)C2=NN([C@H]3CCS(=O)(=O)C3)C(=O)CC2)cc1. The molecule has 0 aliphatic carbocycles. The largest absolute Gasteiger partial charge is 0.494 e. The third-order valence-corrected chi connectivity index (χ3v) is 6.05. The molecule has 2 aliphatic heterocycles. The van der Waals surface area contributed by atoms with E-state index in [4.69, 9.17) is 4.74 Å². The summed E-state index contributed by atoms with van der Waals surface area (Å²) in [5, 5.41) is 8.08. The van der Waals surface area contributed by atoms with Crippen molar-refractivity contribution in [2.24, 2.45) is 5.10 Å². The molecule has 1 aromatic rings. The van der Waals surface area contributed by atoms with Gasteiger partial charge in [-0.2, -0.15) is 5.10 Å². The van der Waals surface area contributed by atoms with Crippen LogP contribution in [0.25, 0.3) is 0 Å². The third-order valence-electron chi connectivity index (χ3n) is 4.30. The number of nitrogens with one attached hydrogen (secondary N) is 1. The number of rotatable bonds is 5. The van der Waals surface area contributed by atoms with Crippen LogP contribution in [0.15, 0.2) is 29.4 Å². The summed E-state index contributed by atoms with van der Waals surface area (Å²) in [4.78, 5) is 24.5. The Morgan fingerprint density at radius 3 is 2.65 bits per heavy atom. The first-order valence-corrected chi connectivity index (χ1v) is 10.3. The van der Waals surface area contributed by atoms with Gasteiger partial charge in [-0.3, -0.25) is 9.59 Å². The van der Waals surface area contributed by atoms with Crippen LogP contribution in [0.1, 0.15) is 26.2 Å². The molecule has 1 aromatic carbocycles. The molecular weight excluding hydrogens is 358 g/mol. The van der Waals surface area contributed by atoms with Crippen LogP contribution in [0.4, 0.5) is 5.69 Å².